The molecule has 1 aliphatic carbocycles. The molecule has 0 bridgehead atoms. The normalized spacial score (nSPS) is 17.1. The van der Waals surface area contributed by atoms with Crippen molar-refractivity contribution in [1.82, 2.24) is 4.72 Å². The predicted molar refractivity (Wildman–Crippen MR) is 78.6 cm³/mol. The number of hydrogen-bond donors (Lipinski definition) is 2. The second-order valence-corrected chi connectivity index (χ2v) is 6.96. The van der Waals surface area contributed by atoms with Crippen LogP contribution in [0.2, 0.25) is 0 Å². The van der Waals surface area contributed by atoms with E-state index in [-0.39, 0.29) is 30.9 Å². The van der Waals surface area contributed by atoms with Crippen LogP contribution >= 0.6 is 12.4 Å². The van der Waals surface area contributed by atoms with Gasteiger partial charge in [0.05, 0.1) is 0 Å². The topological polar surface area (TPSA) is 72.2 Å². The maximum atomic E-state index is 13.6. The zero-order valence-corrected chi connectivity index (χ0v) is 13.6. The SMILES string of the molecule is Cl.NCC(NS(=O)(=O)c1c(F)c(F)cc(F)c1F)C1CCCC1. The number of sulfonamides is 1. The van der Waals surface area contributed by atoms with Crippen LogP contribution in [-0.4, -0.2) is 21.0 Å². The van der Waals surface area contributed by atoms with Gasteiger partial charge < -0.3 is 5.73 Å². The quantitative estimate of drug-likeness (QED) is 0.612. The first kappa shape index (κ1) is 20.1. The minimum atomic E-state index is -4.78. The van der Waals surface area contributed by atoms with Gasteiger partial charge in [0.15, 0.2) is 28.2 Å². The molecule has 3 N–H and O–H groups in total. The van der Waals surface area contributed by atoms with E-state index in [0.29, 0.717) is 0 Å². The summed E-state index contributed by atoms with van der Waals surface area (Å²) in [5.74, 6) is -7.51. The number of nitrogens with two attached hydrogens (primary N) is 1. The average Bonchev–Trinajstić information content (AvgIpc) is 2.96. The van der Waals surface area contributed by atoms with Gasteiger partial charge in [-0.05, 0) is 18.8 Å². The third-order valence-electron chi connectivity index (χ3n) is 3.87. The Morgan fingerprint density at radius 2 is 1.61 bits per heavy atom. The Kier molecular flexibility index (Phi) is 6.81. The van der Waals surface area contributed by atoms with Gasteiger partial charge in [0.25, 0.3) is 0 Å². The van der Waals surface area contributed by atoms with Crippen molar-refractivity contribution in [1.29, 1.82) is 0 Å². The van der Waals surface area contributed by atoms with Gasteiger partial charge in [-0.25, -0.2) is 30.7 Å². The lowest BCUT2D eigenvalue weighted by atomic mass is 9.99. The van der Waals surface area contributed by atoms with Crippen LogP contribution in [0.25, 0.3) is 0 Å². The zero-order chi connectivity index (χ0) is 16.5. The standard InChI is InChI=1S/C13H16F4N2O2S.ClH/c14-8-5-9(15)12(17)13(11(8)16)22(20,21)19-10(6-18)7-3-1-2-4-7;/h5,7,10,19H,1-4,6,18H2;1H. The molecule has 1 unspecified atom stereocenters. The van der Waals surface area contributed by atoms with Crippen molar-refractivity contribution in [3.8, 4) is 0 Å². The Balaban J connectivity index is 0.00000264. The first-order valence-electron chi connectivity index (χ1n) is 6.83. The summed E-state index contributed by atoms with van der Waals surface area (Å²) >= 11 is 0. The highest BCUT2D eigenvalue weighted by Crippen LogP contribution is 2.29. The monoisotopic (exact) mass is 376 g/mol. The molecule has 0 amide bonds. The molecule has 0 aromatic heterocycles. The van der Waals surface area contributed by atoms with Crippen molar-refractivity contribution >= 4 is 22.4 Å². The molecule has 1 aliphatic rings. The van der Waals surface area contributed by atoms with Gasteiger partial charge in [0, 0.05) is 18.7 Å². The third kappa shape index (κ3) is 4.14. The average molecular weight is 377 g/mol. The third-order valence-corrected chi connectivity index (χ3v) is 5.38. The molecule has 0 spiro atoms. The lowest BCUT2D eigenvalue weighted by Crippen LogP contribution is -2.45. The molecule has 0 saturated heterocycles. The van der Waals surface area contributed by atoms with Gasteiger partial charge >= 0.3 is 0 Å². The van der Waals surface area contributed by atoms with Crippen LogP contribution in [0.3, 0.4) is 0 Å². The van der Waals surface area contributed by atoms with E-state index >= 15 is 0 Å². The molecular formula is C13H17ClF4N2O2S. The van der Waals surface area contributed by atoms with Crippen LogP contribution < -0.4 is 10.5 Å². The number of hydrogen-bond acceptors (Lipinski definition) is 3. The minimum absolute atomic E-state index is 0. The maximum Gasteiger partial charge on any atom is 0.246 e. The highest BCUT2D eigenvalue weighted by Gasteiger charge is 2.34. The molecule has 1 atom stereocenters. The highest BCUT2D eigenvalue weighted by molar-refractivity contribution is 7.89. The van der Waals surface area contributed by atoms with Crippen molar-refractivity contribution in [3.05, 3.63) is 29.3 Å². The van der Waals surface area contributed by atoms with Crippen LogP contribution in [0.15, 0.2) is 11.0 Å². The van der Waals surface area contributed by atoms with E-state index < -0.39 is 44.2 Å². The lowest BCUT2D eigenvalue weighted by Gasteiger charge is -2.23. The molecule has 2 rings (SSSR count). The first-order valence-corrected chi connectivity index (χ1v) is 8.31. The molecule has 23 heavy (non-hydrogen) atoms. The molecule has 0 heterocycles. The summed E-state index contributed by atoms with van der Waals surface area (Å²) in [5.41, 5.74) is 5.51. The van der Waals surface area contributed by atoms with Crippen LogP contribution in [-0.2, 0) is 10.0 Å². The van der Waals surface area contributed by atoms with Crippen LogP contribution in [0.4, 0.5) is 17.6 Å². The summed E-state index contributed by atoms with van der Waals surface area (Å²) in [7, 11) is -4.78. The fourth-order valence-electron chi connectivity index (χ4n) is 2.74. The van der Waals surface area contributed by atoms with E-state index in [0.717, 1.165) is 25.7 Å². The minimum Gasteiger partial charge on any atom is -0.329 e. The second kappa shape index (κ2) is 7.78. The summed E-state index contributed by atoms with van der Waals surface area (Å²) < 4.78 is 79.9. The molecule has 0 aliphatic heterocycles. The molecule has 10 heteroatoms. The van der Waals surface area contributed by atoms with E-state index in [4.69, 9.17) is 5.73 Å². The molecule has 4 nitrogen and oxygen atoms in total. The number of halogens is 5. The summed E-state index contributed by atoms with van der Waals surface area (Å²) in [6.07, 6.45) is 3.26. The van der Waals surface area contributed by atoms with E-state index in [9.17, 15) is 26.0 Å². The van der Waals surface area contributed by atoms with Gasteiger partial charge in [-0.3, -0.25) is 0 Å². The number of rotatable bonds is 5. The Labute approximate surface area is 137 Å². The number of benzene rings is 1. The van der Waals surface area contributed by atoms with Gasteiger partial charge in [0.1, 0.15) is 0 Å². The molecule has 1 fully saturated rings. The summed E-state index contributed by atoms with van der Waals surface area (Å²) in [4.78, 5) is -1.65. The molecular weight excluding hydrogens is 360 g/mol. The van der Waals surface area contributed by atoms with Gasteiger partial charge in [-0.15, -0.1) is 12.4 Å². The van der Waals surface area contributed by atoms with E-state index in [2.05, 4.69) is 4.72 Å². The predicted octanol–water partition coefficient (Wildman–Crippen LogP) is 2.46. The smallest absolute Gasteiger partial charge is 0.246 e. The molecule has 1 saturated carbocycles. The zero-order valence-electron chi connectivity index (χ0n) is 12.0. The van der Waals surface area contributed by atoms with Gasteiger partial charge in [-0.1, -0.05) is 12.8 Å². The Hall–Kier alpha value is -0.900. The molecule has 0 radical (unpaired) electrons. The van der Waals surface area contributed by atoms with E-state index in [1.54, 1.807) is 0 Å². The van der Waals surface area contributed by atoms with Crippen LogP contribution in [0, 0.1) is 29.2 Å². The lowest BCUT2D eigenvalue weighted by molar-refractivity contribution is 0.394. The van der Waals surface area contributed by atoms with E-state index in [1.165, 1.54) is 0 Å². The molecule has 1 aromatic carbocycles. The largest absolute Gasteiger partial charge is 0.329 e. The maximum absolute atomic E-state index is 13.6. The molecule has 132 valence electrons. The Morgan fingerprint density at radius 3 is 2.04 bits per heavy atom. The van der Waals surface area contributed by atoms with Crippen molar-refractivity contribution in [2.45, 2.75) is 36.6 Å². The Bertz CT molecular complexity index is 640. The number of nitrogens with one attached hydrogen (secondary N) is 1. The van der Waals surface area contributed by atoms with Crippen molar-refractivity contribution in [3.63, 3.8) is 0 Å². The van der Waals surface area contributed by atoms with Crippen molar-refractivity contribution in [2.24, 2.45) is 11.7 Å². The highest BCUT2D eigenvalue weighted by atomic mass is 35.5. The fraction of sp³-hybridized carbons (Fsp3) is 0.538. The summed E-state index contributed by atoms with van der Waals surface area (Å²) in [5, 5.41) is 0. The van der Waals surface area contributed by atoms with Crippen molar-refractivity contribution < 1.29 is 26.0 Å². The van der Waals surface area contributed by atoms with Gasteiger partial charge in [0.2, 0.25) is 10.0 Å². The van der Waals surface area contributed by atoms with Crippen LogP contribution in [0.5, 0.6) is 0 Å². The molecule has 1 aromatic rings. The van der Waals surface area contributed by atoms with Crippen molar-refractivity contribution in [2.75, 3.05) is 6.54 Å². The van der Waals surface area contributed by atoms with E-state index in [1.807, 2.05) is 0 Å². The van der Waals surface area contributed by atoms with Gasteiger partial charge in [-0.2, -0.15) is 0 Å². The Morgan fingerprint density at radius 1 is 1.13 bits per heavy atom. The summed E-state index contributed by atoms with van der Waals surface area (Å²) in [6.45, 7) is -0.0784. The second-order valence-electron chi connectivity index (χ2n) is 5.31. The first-order chi connectivity index (χ1) is 10.3. The fourth-order valence-corrected chi connectivity index (χ4v) is 4.21. The summed E-state index contributed by atoms with van der Waals surface area (Å²) in [6, 6.07) is -0.779. The van der Waals surface area contributed by atoms with Crippen LogP contribution in [0.1, 0.15) is 25.7 Å².